The van der Waals surface area contributed by atoms with Crippen LogP contribution < -0.4 is 0 Å². The van der Waals surface area contributed by atoms with Crippen molar-refractivity contribution >= 4 is 0 Å². The van der Waals surface area contributed by atoms with Crippen molar-refractivity contribution in [3.63, 3.8) is 0 Å². The summed E-state index contributed by atoms with van der Waals surface area (Å²) in [5, 5.41) is 8.55. The summed E-state index contributed by atoms with van der Waals surface area (Å²) in [6.45, 7) is 5.29. The Hall–Kier alpha value is -0.0800. The molecule has 74 valence electrons. The zero-order valence-electron chi connectivity index (χ0n) is 8.38. The van der Waals surface area contributed by atoms with Crippen molar-refractivity contribution in [1.82, 2.24) is 0 Å². The van der Waals surface area contributed by atoms with E-state index in [-0.39, 0.29) is 6.61 Å². The van der Waals surface area contributed by atoms with E-state index in [0.29, 0.717) is 12.7 Å². The van der Waals surface area contributed by atoms with E-state index in [1.807, 2.05) is 0 Å². The highest BCUT2D eigenvalue weighted by atomic mass is 16.5. The van der Waals surface area contributed by atoms with Crippen LogP contribution in [0.25, 0.3) is 0 Å². The van der Waals surface area contributed by atoms with Gasteiger partial charge in [-0.2, -0.15) is 0 Å². The average Bonchev–Trinajstić information content (AvgIpc) is 2.11. The van der Waals surface area contributed by atoms with Crippen LogP contribution in [0.3, 0.4) is 0 Å². The first kappa shape index (κ1) is 11.9. The summed E-state index contributed by atoms with van der Waals surface area (Å²) in [4.78, 5) is 0. The van der Waals surface area contributed by atoms with Crippen molar-refractivity contribution in [1.29, 1.82) is 0 Å². The highest BCUT2D eigenvalue weighted by Crippen LogP contribution is 2.08. The number of ether oxygens (including phenoxy) is 1. The zero-order chi connectivity index (χ0) is 9.23. The summed E-state index contributed by atoms with van der Waals surface area (Å²) in [5.41, 5.74) is 0. The molecule has 0 rings (SSSR count). The van der Waals surface area contributed by atoms with Gasteiger partial charge in [0.15, 0.2) is 0 Å². The summed E-state index contributed by atoms with van der Waals surface area (Å²) in [5.74, 6) is 0. The Balaban J connectivity index is 3.26. The monoisotopic (exact) mass is 174 g/mol. The molecule has 0 spiro atoms. The molecule has 1 N–H and O–H groups in total. The predicted octanol–water partition coefficient (Wildman–Crippen LogP) is 2.35. The molecule has 0 amide bonds. The Morgan fingerprint density at radius 3 is 2.50 bits per heavy atom. The lowest BCUT2D eigenvalue weighted by Gasteiger charge is -2.14. The highest BCUT2D eigenvalue weighted by Gasteiger charge is 2.04. The Kier molecular flexibility index (Phi) is 8.95. The second kappa shape index (κ2) is 9.01. The molecule has 0 aromatic rings. The normalized spacial score (nSPS) is 13.2. The summed E-state index contributed by atoms with van der Waals surface area (Å²) in [6, 6.07) is 0. The highest BCUT2D eigenvalue weighted by molar-refractivity contribution is 4.54. The van der Waals surface area contributed by atoms with Crippen LogP contribution in [-0.2, 0) is 4.74 Å². The smallest absolute Gasteiger partial charge is 0.0572 e. The predicted molar refractivity (Wildman–Crippen MR) is 51.3 cm³/mol. The van der Waals surface area contributed by atoms with Crippen molar-refractivity contribution in [3.8, 4) is 0 Å². The largest absolute Gasteiger partial charge is 0.396 e. The Morgan fingerprint density at radius 1 is 1.25 bits per heavy atom. The lowest BCUT2D eigenvalue weighted by molar-refractivity contribution is 0.0352. The first-order chi connectivity index (χ1) is 5.85. The van der Waals surface area contributed by atoms with Gasteiger partial charge < -0.3 is 9.84 Å². The molecule has 2 nitrogen and oxygen atoms in total. The second-order valence-corrected chi connectivity index (χ2v) is 3.12. The standard InChI is InChI=1S/C10H22O2/c1-3-5-7-10(4-2)12-9-6-8-11/h10-11H,3-9H2,1-2H3. The maximum atomic E-state index is 8.55. The molecule has 0 aliphatic rings. The fraction of sp³-hybridized carbons (Fsp3) is 1.00. The molecule has 1 atom stereocenters. The van der Waals surface area contributed by atoms with Crippen molar-refractivity contribution in [2.45, 2.75) is 52.1 Å². The van der Waals surface area contributed by atoms with Gasteiger partial charge >= 0.3 is 0 Å². The van der Waals surface area contributed by atoms with E-state index < -0.39 is 0 Å². The van der Waals surface area contributed by atoms with Gasteiger partial charge in [-0.05, 0) is 19.3 Å². The van der Waals surface area contributed by atoms with Crippen LogP contribution in [0.1, 0.15) is 46.0 Å². The average molecular weight is 174 g/mol. The summed E-state index contributed by atoms with van der Waals surface area (Å²) in [6.07, 6.45) is 5.92. The third-order valence-electron chi connectivity index (χ3n) is 1.99. The summed E-state index contributed by atoms with van der Waals surface area (Å²) in [7, 11) is 0. The number of unbranched alkanes of at least 4 members (excludes halogenated alkanes) is 1. The summed E-state index contributed by atoms with van der Waals surface area (Å²) < 4.78 is 5.57. The summed E-state index contributed by atoms with van der Waals surface area (Å²) >= 11 is 0. The quantitative estimate of drug-likeness (QED) is 0.572. The van der Waals surface area contributed by atoms with Crippen molar-refractivity contribution < 1.29 is 9.84 Å². The maximum Gasteiger partial charge on any atom is 0.0572 e. The van der Waals surface area contributed by atoms with Gasteiger partial charge in [-0.15, -0.1) is 0 Å². The van der Waals surface area contributed by atoms with Gasteiger partial charge in [0.25, 0.3) is 0 Å². The van der Waals surface area contributed by atoms with E-state index in [2.05, 4.69) is 13.8 Å². The first-order valence-corrected chi connectivity index (χ1v) is 5.07. The van der Waals surface area contributed by atoms with Gasteiger partial charge in [-0.1, -0.05) is 26.7 Å². The lowest BCUT2D eigenvalue weighted by Crippen LogP contribution is -2.13. The van der Waals surface area contributed by atoms with E-state index in [0.717, 1.165) is 12.8 Å². The minimum atomic E-state index is 0.240. The number of rotatable bonds is 8. The molecule has 1 unspecified atom stereocenters. The SMILES string of the molecule is CCCCC(CC)OCCCO. The van der Waals surface area contributed by atoms with Crippen molar-refractivity contribution in [3.05, 3.63) is 0 Å². The third kappa shape index (κ3) is 6.62. The Bertz CT molecular complexity index is 83.9. The van der Waals surface area contributed by atoms with Gasteiger partial charge in [-0.25, -0.2) is 0 Å². The number of aliphatic hydroxyl groups excluding tert-OH is 1. The fourth-order valence-corrected chi connectivity index (χ4v) is 1.15. The number of hydrogen-bond acceptors (Lipinski definition) is 2. The van der Waals surface area contributed by atoms with Crippen LogP contribution >= 0.6 is 0 Å². The zero-order valence-corrected chi connectivity index (χ0v) is 8.38. The Labute approximate surface area is 75.9 Å². The topological polar surface area (TPSA) is 29.5 Å². The number of hydrogen-bond donors (Lipinski definition) is 1. The minimum absolute atomic E-state index is 0.240. The number of aliphatic hydroxyl groups is 1. The van der Waals surface area contributed by atoms with E-state index in [9.17, 15) is 0 Å². The van der Waals surface area contributed by atoms with E-state index in [1.54, 1.807) is 0 Å². The maximum absolute atomic E-state index is 8.55. The molecule has 0 fully saturated rings. The molecule has 0 radical (unpaired) electrons. The van der Waals surface area contributed by atoms with Crippen LogP contribution in [0.5, 0.6) is 0 Å². The van der Waals surface area contributed by atoms with Crippen LogP contribution in [0, 0.1) is 0 Å². The van der Waals surface area contributed by atoms with E-state index >= 15 is 0 Å². The van der Waals surface area contributed by atoms with Gasteiger partial charge in [0, 0.05) is 13.2 Å². The van der Waals surface area contributed by atoms with Crippen LogP contribution in [-0.4, -0.2) is 24.4 Å². The molecule has 0 aliphatic carbocycles. The van der Waals surface area contributed by atoms with E-state index in [1.165, 1.54) is 19.3 Å². The molecule has 0 aromatic heterocycles. The molecule has 12 heavy (non-hydrogen) atoms. The first-order valence-electron chi connectivity index (χ1n) is 5.07. The minimum Gasteiger partial charge on any atom is -0.396 e. The van der Waals surface area contributed by atoms with Crippen molar-refractivity contribution in [2.75, 3.05) is 13.2 Å². The molecule has 2 heteroatoms. The van der Waals surface area contributed by atoms with Gasteiger partial charge in [0.05, 0.1) is 6.10 Å². The van der Waals surface area contributed by atoms with Crippen LogP contribution in [0.2, 0.25) is 0 Å². The fourth-order valence-electron chi connectivity index (χ4n) is 1.15. The Morgan fingerprint density at radius 2 is 2.00 bits per heavy atom. The molecule has 0 heterocycles. The van der Waals surface area contributed by atoms with Crippen LogP contribution in [0.4, 0.5) is 0 Å². The molecule has 0 saturated carbocycles. The lowest BCUT2D eigenvalue weighted by atomic mass is 10.1. The van der Waals surface area contributed by atoms with Gasteiger partial charge in [0.2, 0.25) is 0 Å². The molecular formula is C10H22O2. The van der Waals surface area contributed by atoms with Gasteiger partial charge in [-0.3, -0.25) is 0 Å². The second-order valence-electron chi connectivity index (χ2n) is 3.12. The molecule has 0 aliphatic heterocycles. The van der Waals surface area contributed by atoms with Gasteiger partial charge in [0.1, 0.15) is 0 Å². The van der Waals surface area contributed by atoms with Crippen molar-refractivity contribution in [2.24, 2.45) is 0 Å². The third-order valence-corrected chi connectivity index (χ3v) is 1.99. The molecule has 0 saturated heterocycles. The molecular weight excluding hydrogens is 152 g/mol. The molecule has 0 aromatic carbocycles. The van der Waals surface area contributed by atoms with Crippen LogP contribution in [0.15, 0.2) is 0 Å². The molecule has 0 bridgehead atoms. The van der Waals surface area contributed by atoms with E-state index in [4.69, 9.17) is 9.84 Å².